The number of carbonyl (C=O) groups excluding carboxylic acids is 1. The molecule has 1 heterocycles. The molecule has 122 valence electrons. The molecule has 0 atom stereocenters. The summed E-state index contributed by atoms with van der Waals surface area (Å²) in [7, 11) is 0. The molecular weight excluding hydrogens is 320 g/mol. The number of nitrogens with zero attached hydrogens (tertiary/aromatic N) is 2. The lowest BCUT2D eigenvalue weighted by Gasteiger charge is -2.12. The standard InChI is InChI=1S/C20H19ClN2O/c1-14(2)18-17(19(24)16-11-7-4-8-12-16)20(21)22-23(18)13-15-9-5-3-6-10-15/h3-12,14H,13H2,1-2H3. The van der Waals surface area contributed by atoms with E-state index in [1.807, 2.05) is 53.2 Å². The highest BCUT2D eigenvalue weighted by Crippen LogP contribution is 2.29. The molecule has 0 N–H and O–H groups in total. The van der Waals surface area contributed by atoms with Crippen LogP contribution in [0.1, 0.15) is 46.9 Å². The summed E-state index contributed by atoms with van der Waals surface area (Å²) in [5.41, 5.74) is 3.13. The summed E-state index contributed by atoms with van der Waals surface area (Å²) >= 11 is 6.35. The molecule has 4 heteroatoms. The normalized spacial score (nSPS) is 11.0. The highest BCUT2D eigenvalue weighted by molar-refractivity contribution is 6.34. The lowest BCUT2D eigenvalue weighted by molar-refractivity contribution is 0.103. The number of carbonyl (C=O) groups is 1. The van der Waals surface area contributed by atoms with E-state index in [0.29, 0.717) is 17.7 Å². The van der Waals surface area contributed by atoms with E-state index in [4.69, 9.17) is 11.6 Å². The average Bonchev–Trinajstić information content (AvgIpc) is 2.92. The van der Waals surface area contributed by atoms with Crippen LogP contribution >= 0.6 is 11.6 Å². The second-order valence-electron chi connectivity index (χ2n) is 6.04. The van der Waals surface area contributed by atoms with Crippen molar-refractivity contribution in [3.63, 3.8) is 0 Å². The maximum atomic E-state index is 12.9. The number of hydrogen-bond acceptors (Lipinski definition) is 2. The van der Waals surface area contributed by atoms with Crippen LogP contribution in [0.2, 0.25) is 5.15 Å². The summed E-state index contributed by atoms with van der Waals surface area (Å²) in [6.45, 7) is 4.70. The molecule has 0 saturated heterocycles. The first-order valence-corrected chi connectivity index (χ1v) is 8.35. The minimum absolute atomic E-state index is 0.0800. The Morgan fingerprint density at radius 3 is 2.21 bits per heavy atom. The van der Waals surface area contributed by atoms with Crippen molar-refractivity contribution in [2.75, 3.05) is 0 Å². The zero-order chi connectivity index (χ0) is 17.1. The first-order chi connectivity index (χ1) is 11.6. The maximum absolute atomic E-state index is 12.9. The van der Waals surface area contributed by atoms with Crippen LogP contribution in [0.25, 0.3) is 0 Å². The van der Waals surface area contributed by atoms with Gasteiger partial charge in [0.25, 0.3) is 0 Å². The quantitative estimate of drug-likeness (QED) is 0.618. The van der Waals surface area contributed by atoms with Crippen molar-refractivity contribution in [2.45, 2.75) is 26.3 Å². The molecule has 3 nitrogen and oxygen atoms in total. The molecule has 24 heavy (non-hydrogen) atoms. The Labute approximate surface area is 146 Å². The number of rotatable bonds is 5. The van der Waals surface area contributed by atoms with Gasteiger partial charge in [-0.1, -0.05) is 86.1 Å². The third-order valence-corrected chi connectivity index (χ3v) is 4.20. The lowest BCUT2D eigenvalue weighted by atomic mass is 9.98. The van der Waals surface area contributed by atoms with Crippen molar-refractivity contribution in [1.82, 2.24) is 9.78 Å². The van der Waals surface area contributed by atoms with Gasteiger partial charge in [-0.2, -0.15) is 5.10 Å². The number of hydrogen-bond donors (Lipinski definition) is 0. The molecule has 0 bridgehead atoms. The molecule has 0 saturated carbocycles. The fraction of sp³-hybridized carbons (Fsp3) is 0.200. The van der Waals surface area contributed by atoms with Crippen molar-refractivity contribution < 1.29 is 4.79 Å². The number of halogens is 1. The monoisotopic (exact) mass is 338 g/mol. The van der Waals surface area contributed by atoms with E-state index in [1.165, 1.54) is 0 Å². The number of benzene rings is 2. The van der Waals surface area contributed by atoms with E-state index in [-0.39, 0.29) is 16.9 Å². The Kier molecular flexibility index (Phi) is 4.81. The number of aromatic nitrogens is 2. The minimum Gasteiger partial charge on any atom is -0.288 e. The molecule has 0 aliphatic rings. The van der Waals surface area contributed by atoms with Crippen molar-refractivity contribution in [3.8, 4) is 0 Å². The Balaban J connectivity index is 2.05. The zero-order valence-electron chi connectivity index (χ0n) is 13.7. The first kappa shape index (κ1) is 16.5. The Bertz CT molecular complexity index is 839. The molecule has 0 unspecified atom stereocenters. The maximum Gasteiger partial charge on any atom is 0.198 e. The van der Waals surface area contributed by atoms with Gasteiger partial charge in [-0.25, -0.2) is 0 Å². The summed E-state index contributed by atoms with van der Waals surface area (Å²) in [5, 5.41) is 4.70. The van der Waals surface area contributed by atoms with E-state index in [0.717, 1.165) is 11.3 Å². The van der Waals surface area contributed by atoms with Crippen LogP contribution < -0.4 is 0 Å². The number of ketones is 1. The molecule has 3 rings (SSSR count). The second kappa shape index (κ2) is 7.02. The molecule has 3 aromatic rings. The van der Waals surface area contributed by atoms with Crippen LogP contribution in [-0.4, -0.2) is 15.6 Å². The van der Waals surface area contributed by atoms with Gasteiger partial charge in [-0.15, -0.1) is 0 Å². The summed E-state index contributed by atoms with van der Waals surface area (Å²) in [6.07, 6.45) is 0. The van der Waals surface area contributed by atoms with E-state index in [2.05, 4.69) is 18.9 Å². The van der Waals surface area contributed by atoms with Gasteiger partial charge in [-0.3, -0.25) is 9.48 Å². The predicted molar refractivity (Wildman–Crippen MR) is 96.7 cm³/mol. The van der Waals surface area contributed by atoms with Gasteiger partial charge >= 0.3 is 0 Å². The Morgan fingerprint density at radius 1 is 1.04 bits per heavy atom. The molecule has 0 aliphatic carbocycles. The van der Waals surface area contributed by atoms with Crippen LogP contribution in [0.3, 0.4) is 0 Å². The zero-order valence-corrected chi connectivity index (χ0v) is 14.5. The van der Waals surface area contributed by atoms with E-state index < -0.39 is 0 Å². The van der Waals surface area contributed by atoms with Gasteiger partial charge in [-0.05, 0) is 11.5 Å². The summed E-state index contributed by atoms with van der Waals surface area (Å²) in [5.74, 6) is 0.0555. The lowest BCUT2D eigenvalue weighted by Crippen LogP contribution is -2.11. The van der Waals surface area contributed by atoms with Crippen LogP contribution in [0.5, 0.6) is 0 Å². The minimum atomic E-state index is -0.0800. The van der Waals surface area contributed by atoms with E-state index in [9.17, 15) is 4.79 Å². The molecular formula is C20H19ClN2O. The van der Waals surface area contributed by atoms with Crippen molar-refractivity contribution in [1.29, 1.82) is 0 Å². The molecule has 1 aromatic heterocycles. The molecule has 2 aromatic carbocycles. The fourth-order valence-electron chi connectivity index (χ4n) is 2.85. The van der Waals surface area contributed by atoms with Crippen LogP contribution in [0.4, 0.5) is 0 Å². The fourth-order valence-corrected chi connectivity index (χ4v) is 3.13. The smallest absolute Gasteiger partial charge is 0.198 e. The summed E-state index contributed by atoms with van der Waals surface area (Å²) in [4.78, 5) is 12.9. The molecule has 0 fully saturated rings. The van der Waals surface area contributed by atoms with Crippen molar-refractivity contribution >= 4 is 17.4 Å². The van der Waals surface area contributed by atoms with Gasteiger partial charge in [0, 0.05) is 5.56 Å². The van der Waals surface area contributed by atoms with Crippen molar-refractivity contribution in [2.24, 2.45) is 0 Å². The van der Waals surface area contributed by atoms with Gasteiger partial charge < -0.3 is 0 Å². The van der Waals surface area contributed by atoms with Crippen LogP contribution in [0.15, 0.2) is 60.7 Å². The third-order valence-electron chi connectivity index (χ3n) is 3.93. The molecule has 0 aliphatic heterocycles. The average molecular weight is 339 g/mol. The Hall–Kier alpha value is -2.39. The third kappa shape index (κ3) is 3.26. The van der Waals surface area contributed by atoms with Gasteiger partial charge in [0.2, 0.25) is 0 Å². The van der Waals surface area contributed by atoms with Gasteiger partial charge in [0.1, 0.15) is 0 Å². The van der Waals surface area contributed by atoms with Gasteiger partial charge in [0.05, 0.1) is 17.8 Å². The summed E-state index contributed by atoms with van der Waals surface area (Å²) < 4.78 is 1.85. The van der Waals surface area contributed by atoms with Crippen LogP contribution in [-0.2, 0) is 6.54 Å². The molecule has 0 amide bonds. The Morgan fingerprint density at radius 2 is 1.62 bits per heavy atom. The van der Waals surface area contributed by atoms with Crippen molar-refractivity contribution in [3.05, 3.63) is 88.2 Å². The molecule has 0 spiro atoms. The SMILES string of the molecule is CC(C)c1c(C(=O)c2ccccc2)c(Cl)nn1Cc1ccccc1. The highest BCUT2D eigenvalue weighted by atomic mass is 35.5. The van der Waals surface area contributed by atoms with Crippen LogP contribution in [0, 0.1) is 0 Å². The van der Waals surface area contributed by atoms with Gasteiger partial charge in [0.15, 0.2) is 10.9 Å². The largest absolute Gasteiger partial charge is 0.288 e. The van der Waals surface area contributed by atoms with E-state index >= 15 is 0 Å². The second-order valence-corrected chi connectivity index (χ2v) is 6.40. The first-order valence-electron chi connectivity index (χ1n) is 7.97. The van der Waals surface area contributed by atoms with E-state index in [1.54, 1.807) is 12.1 Å². The summed E-state index contributed by atoms with van der Waals surface area (Å²) in [6, 6.07) is 19.2. The topological polar surface area (TPSA) is 34.9 Å². The highest BCUT2D eigenvalue weighted by Gasteiger charge is 2.25. The molecule has 0 radical (unpaired) electrons. The predicted octanol–water partition coefficient (Wildman–Crippen LogP) is 4.94.